The zero-order valence-electron chi connectivity index (χ0n) is 10.0. The highest BCUT2D eigenvalue weighted by atomic mass is 19.1. The number of amides is 1. The third-order valence-corrected chi connectivity index (χ3v) is 4.01. The van der Waals surface area contributed by atoms with E-state index in [4.69, 9.17) is 4.74 Å². The van der Waals surface area contributed by atoms with Gasteiger partial charge in [0, 0.05) is 19.3 Å². The molecule has 1 aliphatic carbocycles. The van der Waals surface area contributed by atoms with Crippen molar-refractivity contribution in [2.45, 2.75) is 39.2 Å². The van der Waals surface area contributed by atoms with E-state index in [0.717, 1.165) is 6.42 Å². The van der Waals surface area contributed by atoms with Gasteiger partial charge in [-0.15, -0.1) is 0 Å². The summed E-state index contributed by atoms with van der Waals surface area (Å²) in [5, 5.41) is 2.97. The average Bonchev–Trinajstić information content (AvgIpc) is 2.87. The number of hydrogen-bond donors (Lipinski definition) is 1. The molecule has 1 N–H and O–H groups in total. The Hall–Kier alpha value is -0.640. The molecule has 16 heavy (non-hydrogen) atoms. The maximum atomic E-state index is 13.1. The molecule has 1 heterocycles. The third kappa shape index (κ3) is 2.08. The average molecular weight is 229 g/mol. The predicted octanol–water partition coefficient (Wildman–Crippen LogP) is 1.67. The van der Waals surface area contributed by atoms with Crippen molar-refractivity contribution in [3.8, 4) is 0 Å². The minimum absolute atomic E-state index is 0.117. The van der Waals surface area contributed by atoms with Crippen molar-refractivity contribution in [1.29, 1.82) is 0 Å². The summed E-state index contributed by atoms with van der Waals surface area (Å²) < 4.78 is 18.3. The van der Waals surface area contributed by atoms with Crippen molar-refractivity contribution < 1.29 is 13.9 Å². The number of carbonyl (C=O) groups is 1. The zero-order valence-corrected chi connectivity index (χ0v) is 10.0. The molecule has 3 nitrogen and oxygen atoms in total. The van der Waals surface area contributed by atoms with Gasteiger partial charge in [0.2, 0.25) is 5.91 Å². The molecule has 2 aliphatic rings. The second-order valence-electron chi connectivity index (χ2n) is 5.75. The molecule has 2 rings (SSSR count). The highest BCUT2D eigenvalue weighted by Crippen LogP contribution is 2.45. The number of alkyl halides is 1. The van der Waals surface area contributed by atoms with Gasteiger partial charge in [-0.25, -0.2) is 4.39 Å². The standard InChI is InChI=1S/C12H20FNO2/c1-11(2)7-9(11)14-10(15)12(8-13)3-5-16-6-4-12/h9H,3-8H2,1-2H3,(H,14,15)/t9-/m0/s1. The first-order valence-corrected chi connectivity index (χ1v) is 5.95. The van der Waals surface area contributed by atoms with Gasteiger partial charge in [-0.2, -0.15) is 0 Å². The second-order valence-corrected chi connectivity index (χ2v) is 5.75. The predicted molar refractivity (Wildman–Crippen MR) is 58.8 cm³/mol. The van der Waals surface area contributed by atoms with Crippen molar-refractivity contribution in [1.82, 2.24) is 5.32 Å². The Bertz CT molecular complexity index is 285. The summed E-state index contributed by atoms with van der Waals surface area (Å²) >= 11 is 0. The zero-order chi connectivity index (χ0) is 11.8. The van der Waals surface area contributed by atoms with E-state index in [0.29, 0.717) is 26.1 Å². The van der Waals surface area contributed by atoms with Crippen molar-refractivity contribution in [2.75, 3.05) is 19.9 Å². The van der Waals surface area contributed by atoms with Crippen LogP contribution in [0.2, 0.25) is 0 Å². The van der Waals surface area contributed by atoms with Crippen LogP contribution in [0.15, 0.2) is 0 Å². The Morgan fingerprint density at radius 1 is 1.44 bits per heavy atom. The van der Waals surface area contributed by atoms with Gasteiger partial charge in [-0.05, 0) is 24.7 Å². The van der Waals surface area contributed by atoms with Gasteiger partial charge in [0.05, 0.1) is 5.41 Å². The molecule has 0 aromatic heterocycles. The maximum absolute atomic E-state index is 13.1. The first-order valence-electron chi connectivity index (χ1n) is 5.95. The van der Waals surface area contributed by atoms with Crippen molar-refractivity contribution in [3.05, 3.63) is 0 Å². The summed E-state index contributed by atoms with van der Waals surface area (Å²) in [4.78, 5) is 12.1. The first-order chi connectivity index (χ1) is 7.50. The van der Waals surface area contributed by atoms with Gasteiger partial charge in [0.1, 0.15) is 6.67 Å². The summed E-state index contributed by atoms with van der Waals surface area (Å²) in [6.45, 7) is 4.64. The molecule has 0 aromatic rings. The molecular formula is C12H20FNO2. The maximum Gasteiger partial charge on any atom is 0.229 e. The largest absolute Gasteiger partial charge is 0.381 e. The van der Waals surface area contributed by atoms with Crippen LogP contribution in [-0.4, -0.2) is 31.8 Å². The Labute approximate surface area is 95.7 Å². The van der Waals surface area contributed by atoms with Crippen LogP contribution in [0.5, 0.6) is 0 Å². The lowest BCUT2D eigenvalue weighted by molar-refractivity contribution is -0.138. The fourth-order valence-electron chi connectivity index (χ4n) is 2.21. The molecule has 1 aliphatic heterocycles. The molecule has 1 saturated heterocycles. The summed E-state index contributed by atoms with van der Waals surface area (Å²) in [5.41, 5.74) is -0.630. The normalized spacial score (nSPS) is 30.8. The molecule has 4 heteroatoms. The number of carbonyl (C=O) groups excluding carboxylic acids is 1. The number of rotatable bonds is 3. The van der Waals surface area contributed by atoms with Crippen LogP contribution in [0.1, 0.15) is 33.1 Å². The third-order valence-electron chi connectivity index (χ3n) is 4.01. The minimum Gasteiger partial charge on any atom is -0.381 e. The molecule has 1 atom stereocenters. The summed E-state index contributed by atoms with van der Waals surface area (Å²) in [7, 11) is 0. The molecule has 0 unspecified atom stereocenters. The molecule has 0 spiro atoms. The van der Waals surface area contributed by atoms with E-state index in [2.05, 4.69) is 19.2 Å². The molecule has 0 bridgehead atoms. The van der Waals surface area contributed by atoms with E-state index >= 15 is 0 Å². The smallest absolute Gasteiger partial charge is 0.229 e. The number of nitrogens with one attached hydrogen (secondary N) is 1. The fraction of sp³-hybridized carbons (Fsp3) is 0.917. The van der Waals surface area contributed by atoms with E-state index in [1.807, 2.05) is 0 Å². The monoisotopic (exact) mass is 229 g/mol. The van der Waals surface area contributed by atoms with E-state index in [1.54, 1.807) is 0 Å². The van der Waals surface area contributed by atoms with Crippen LogP contribution < -0.4 is 5.32 Å². The number of hydrogen-bond acceptors (Lipinski definition) is 2. The van der Waals surface area contributed by atoms with Crippen LogP contribution in [0.3, 0.4) is 0 Å². The van der Waals surface area contributed by atoms with Gasteiger partial charge >= 0.3 is 0 Å². The van der Waals surface area contributed by atoms with E-state index < -0.39 is 12.1 Å². The Balaban J connectivity index is 1.96. The Kier molecular flexibility index (Phi) is 2.95. The topological polar surface area (TPSA) is 38.3 Å². The minimum atomic E-state index is -0.822. The molecular weight excluding hydrogens is 209 g/mol. The van der Waals surface area contributed by atoms with Crippen LogP contribution in [0.4, 0.5) is 4.39 Å². The van der Waals surface area contributed by atoms with Crippen molar-refractivity contribution >= 4 is 5.91 Å². The van der Waals surface area contributed by atoms with E-state index in [-0.39, 0.29) is 17.4 Å². The highest BCUT2D eigenvalue weighted by molar-refractivity contribution is 5.83. The van der Waals surface area contributed by atoms with E-state index in [1.165, 1.54) is 0 Å². The molecule has 0 radical (unpaired) electrons. The lowest BCUT2D eigenvalue weighted by Gasteiger charge is -2.33. The van der Waals surface area contributed by atoms with Crippen LogP contribution in [0, 0.1) is 10.8 Å². The second kappa shape index (κ2) is 3.99. The van der Waals surface area contributed by atoms with Gasteiger partial charge in [0.25, 0.3) is 0 Å². The van der Waals surface area contributed by atoms with Gasteiger partial charge in [0.15, 0.2) is 0 Å². The van der Waals surface area contributed by atoms with Crippen LogP contribution in [0.25, 0.3) is 0 Å². The highest BCUT2D eigenvalue weighted by Gasteiger charge is 2.49. The Morgan fingerprint density at radius 2 is 2.00 bits per heavy atom. The summed E-state index contributed by atoms with van der Waals surface area (Å²) in [6, 6.07) is 0.228. The van der Waals surface area contributed by atoms with E-state index in [9.17, 15) is 9.18 Å². The molecule has 2 fully saturated rings. The molecule has 1 amide bonds. The fourth-order valence-corrected chi connectivity index (χ4v) is 2.21. The quantitative estimate of drug-likeness (QED) is 0.799. The van der Waals surface area contributed by atoms with Crippen molar-refractivity contribution in [2.24, 2.45) is 10.8 Å². The number of halogens is 1. The number of ether oxygens (including phenoxy) is 1. The lowest BCUT2D eigenvalue weighted by atomic mass is 9.80. The molecule has 1 saturated carbocycles. The van der Waals surface area contributed by atoms with Gasteiger partial charge < -0.3 is 10.1 Å². The first kappa shape index (κ1) is 11.8. The lowest BCUT2D eigenvalue weighted by Crippen LogP contribution is -2.47. The Morgan fingerprint density at radius 3 is 2.44 bits per heavy atom. The summed E-state index contributed by atoms with van der Waals surface area (Å²) in [6.07, 6.45) is 2.00. The van der Waals surface area contributed by atoms with Gasteiger partial charge in [-0.3, -0.25) is 4.79 Å². The SMILES string of the molecule is CC1(C)C[C@@H]1NC(=O)C1(CF)CCOCC1. The molecule has 0 aromatic carbocycles. The summed E-state index contributed by atoms with van der Waals surface area (Å²) in [5.74, 6) is -0.117. The van der Waals surface area contributed by atoms with Crippen molar-refractivity contribution in [3.63, 3.8) is 0 Å². The van der Waals surface area contributed by atoms with Gasteiger partial charge in [-0.1, -0.05) is 13.8 Å². The van der Waals surface area contributed by atoms with Crippen LogP contribution >= 0.6 is 0 Å². The molecule has 92 valence electrons. The van der Waals surface area contributed by atoms with Crippen LogP contribution in [-0.2, 0) is 9.53 Å².